The van der Waals surface area contributed by atoms with E-state index in [1.54, 1.807) is 31.2 Å². The number of nitriles is 1. The van der Waals surface area contributed by atoms with Crippen molar-refractivity contribution in [2.24, 2.45) is 0 Å². The Bertz CT molecular complexity index is 879. The van der Waals surface area contributed by atoms with Crippen LogP contribution >= 0.6 is 0 Å². The fraction of sp³-hybridized carbons (Fsp3) is 0.263. The maximum absolute atomic E-state index is 9.50. The first-order chi connectivity index (χ1) is 12.2. The van der Waals surface area contributed by atoms with Crippen molar-refractivity contribution in [3.63, 3.8) is 0 Å². The standard InChI is InChI=1S/C19H20N4O2/c1-14(24)13-21-19-22-17-4-2-3-5-18(17)23(19)10-11-25-16-8-6-15(12-20)7-9-16/h2-9,14,24H,10-11,13H2,1H3,(H,21,22). The normalized spacial score (nSPS) is 11.9. The number of para-hydroxylation sites is 2. The molecule has 3 rings (SSSR count). The zero-order valence-corrected chi connectivity index (χ0v) is 14.0. The predicted octanol–water partition coefficient (Wildman–Crippen LogP) is 2.78. The van der Waals surface area contributed by atoms with Crippen LogP contribution in [0, 0.1) is 11.3 Å². The van der Waals surface area contributed by atoms with Crippen molar-refractivity contribution < 1.29 is 9.84 Å². The summed E-state index contributed by atoms with van der Waals surface area (Å²) in [6.45, 7) is 3.24. The zero-order valence-electron chi connectivity index (χ0n) is 14.0. The molecule has 1 heterocycles. The van der Waals surface area contributed by atoms with Crippen molar-refractivity contribution in [3.8, 4) is 11.8 Å². The van der Waals surface area contributed by atoms with E-state index < -0.39 is 6.10 Å². The fourth-order valence-electron chi connectivity index (χ4n) is 2.56. The maximum Gasteiger partial charge on any atom is 0.204 e. The summed E-state index contributed by atoms with van der Waals surface area (Å²) in [5.41, 5.74) is 2.52. The summed E-state index contributed by atoms with van der Waals surface area (Å²) in [7, 11) is 0. The Labute approximate surface area is 146 Å². The Morgan fingerprint density at radius 3 is 2.72 bits per heavy atom. The van der Waals surface area contributed by atoms with Gasteiger partial charge in [0.15, 0.2) is 0 Å². The van der Waals surface area contributed by atoms with Crippen molar-refractivity contribution in [2.75, 3.05) is 18.5 Å². The van der Waals surface area contributed by atoms with Gasteiger partial charge in [-0.05, 0) is 43.3 Å². The van der Waals surface area contributed by atoms with Gasteiger partial charge in [0.05, 0.1) is 35.3 Å². The van der Waals surface area contributed by atoms with Crippen LogP contribution in [0.1, 0.15) is 12.5 Å². The Morgan fingerprint density at radius 2 is 2.00 bits per heavy atom. The number of fused-ring (bicyclic) bond motifs is 1. The first kappa shape index (κ1) is 16.8. The summed E-state index contributed by atoms with van der Waals surface area (Å²) in [6, 6.07) is 17.0. The summed E-state index contributed by atoms with van der Waals surface area (Å²) >= 11 is 0. The number of benzene rings is 2. The molecule has 0 amide bonds. The summed E-state index contributed by atoms with van der Waals surface area (Å²) in [5.74, 6) is 1.44. The molecule has 0 saturated carbocycles. The van der Waals surface area contributed by atoms with Gasteiger partial charge in [-0.25, -0.2) is 4.98 Å². The molecule has 2 aromatic carbocycles. The molecule has 128 valence electrons. The van der Waals surface area contributed by atoms with E-state index in [4.69, 9.17) is 10.00 Å². The molecule has 0 fully saturated rings. The lowest BCUT2D eigenvalue weighted by Gasteiger charge is -2.12. The molecular formula is C19H20N4O2. The van der Waals surface area contributed by atoms with Crippen LogP contribution in [0.25, 0.3) is 11.0 Å². The van der Waals surface area contributed by atoms with E-state index in [2.05, 4.69) is 16.4 Å². The highest BCUT2D eigenvalue weighted by Crippen LogP contribution is 2.20. The lowest BCUT2D eigenvalue weighted by Crippen LogP contribution is -2.19. The molecule has 6 nitrogen and oxygen atoms in total. The highest BCUT2D eigenvalue weighted by atomic mass is 16.5. The average molecular weight is 336 g/mol. The molecule has 0 saturated heterocycles. The second kappa shape index (κ2) is 7.69. The SMILES string of the molecule is CC(O)CNc1nc2ccccc2n1CCOc1ccc(C#N)cc1. The van der Waals surface area contributed by atoms with Crippen LogP contribution in [0.4, 0.5) is 5.95 Å². The Kier molecular flexibility index (Phi) is 5.17. The number of nitrogens with zero attached hydrogens (tertiary/aromatic N) is 3. The molecule has 0 radical (unpaired) electrons. The molecule has 0 aliphatic carbocycles. The van der Waals surface area contributed by atoms with Gasteiger partial charge in [-0.15, -0.1) is 0 Å². The van der Waals surface area contributed by atoms with Crippen molar-refractivity contribution in [2.45, 2.75) is 19.6 Å². The Balaban J connectivity index is 1.72. The van der Waals surface area contributed by atoms with E-state index in [-0.39, 0.29) is 0 Å². The van der Waals surface area contributed by atoms with Crippen LogP contribution in [0.15, 0.2) is 48.5 Å². The number of imidazole rings is 1. The fourth-order valence-corrected chi connectivity index (χ4v) is 2.56. The third-order valence-electron chi connectivity index (χ3n) is 3.78. The minimum absolute atomic E-state index is 0.430. The van der Waals surface area contributed by atoms with Gasteiger partial charge >= 0.3 is 0 Å². The topological polar surface area (TPSA) is 83.1 Å². The molecule has 1 atom stereocenters. The van der Waals surface area contributed by atoms with Gasteiger partial charge in [0.1, 0.15) is 12.4 Å². The predicted molar refractivity (Wildman–Crippen MR) is 96.6 cm³/mol. The van der Waals surface area contributed by atoms with Crippen LogP contribution < -0.4 is 10.1 Å². The van der Waals surface area contributed by atoms with Crippen molar-refractivity contribution in [1.29, 1.82) is 5.26 Å². The number of aromatic nitrogens is 2. The second-order valence-electron chi connectivity index (χ2n) is 5.79. The van der Waals surface area contributed by atoms with E-state index in [1.165, 1.54) is 0 Å². The Morgan fingerprint density at radius 1 is 1.24 bits per heavy atom. The Hall–Kier alpha value is -3.04. The molecular weight excluding hydrogens is 316 g/mol. The van der Waals surface area contributed by atoms with Crippen molar-refractivity contribution in [1.82, 2.24) is 9.55 Å². The maximum atomic E-state index is 9.50. The molecule has 1 aromatic heterocycles. The highest BCUT2D eigenvalue weighted by molar-refractivity contribution is 5.78. The number of ether oxygens (including phenoxy) is 1. The van der Waals surface area contributed by atoms with E-state index in [1.807, 2.05) is 28.8 Å². The second-order valence-corrected chi connectivity index (χ2v) is 5.79. The third-order valence-corrected chi connectivity index (χ3v) is 3.78. The first-order valence-electron chi connectivity index (χ1n) is 8.17. The molecule has 0 spiro atoms. The van der Waals surface area contributed by atoms with E-state index in [0.717, 1.165) is 16.8 Å². The van der Waals surface area contributed by atoms with Gasteiger partial charge in [0.2, 0.25) is 5.95 Å². The van der Waals surface area contributed by atoms with Gasteiger partial charge in [-0.3, -0.25) is 0 Å². The smallest absolute Gasteiger partial charge is 0.204 e. The van der Waals surface area contributed by atoms with Crippen LogP contribution in [0.2, 0.25) is 0 Å². The molecule has 0 aliphatic rings. The molecule has 25 heavy (non-hydrogen) atoms. The molecule has 2 N–H and O–H groups in total. The van der Waals surface area contributed by atoms with Crippen LogP contribution in [-0.4, -0.2) is 33.9 Å². The highest BCUT2D eigenvalue weighted by Gasteiger charge is 2.10. The zero-order chi connectivity index (χ0) is 17.6. The van der Waals surface area contributed by atoms with Crippen LogP contribution in [0.3, 0.4) is 0 Å². The van der Waals surface area contributed by atoms with E-state index >= 15 is 0 Å². The van der Waals surface area contributed by atoms with Gasteiger partial charge in [-0.2, -0.15) is 5.26 Å². The quantitative estimate of drug-likeness (QED) is 0.693. The molecule has 3 aromatic rings. The first-order valence-corrected chi connectivity index (χ1v) is 8.17. The van der Waals surface area contributed by atoms with Gasteiger partial charge < -0.3 is 19.7 Å². The van der Waals surface area contributed by atoms with Gasteiger partial charge in [-0.1, -0.05) is 12.1 Å². The molecule has 1 unspecified atom stereocenters. The van der Waals surface area contributed by atoms with Crippen molar-refractivity contribution in [3.05, 3.63) is 54.1 Å². The number of nitrogens with one attached hydrogen (secondary N) is 1. The minimum Gasteiger partial charge on any atom is -0.492 e. The van der Waals surface area contributed by atoms with E-state index in [0.29, 0.717) is 31.2 Å². The third kappa shape index (κ3) is 4.08. The number of rotatable bonds is 7. The average Bonchev–Trinajstić information content (AvgIpc) is 2.98. The molecule has 0 aliphatic heterocycles. The van der Waals surface area contributed by atoms with E-state index in [9.17, 15) is 5.11 Å². The summed E-state index contributed by atoms with van der Waals surface area (Å²) in [4.78, 5) is 4.58. The summed E-state index contributed by atoms with van der Waals surface area (Å²) in [5, 5.41) is 21.5. The number of hydrogen-bond acceptors (Lipinski definition) is 5. The van der Waals surface area contributed by atoms with Crippen LogP contribution in [0.5, 0.6) is 5.75 Å². The summed E-state index contributed by atoms with van der Waals surface area (Å²) < 4.78 is 7.82. The lowest BCUT2D eigenvalue weighted by atomic mass is 10.2. The lowest BCUT2D eigenvalue weighted by molar-refractivity contribution is 0.208. The van der Waals surface area contributed by atoms with Crippen molar-refractivity contribution >= 4 is 17.0 Å². The number of aliphatic hydroxyl groups excluding tert-OH is 1. The molecule has 0 bridgehead atoms. The monoisotopic (exact) mass is 336 g/mol. The largest absolute Gasteiger partial charge is 0.492 e. The van der Waals surface area contributed by atoms with Gasteiger partial charge in [0.25, 0.3) is 0 Å². The number of anilines is 1. The summed E-state index contributed by atoms with van der Waals surface area (Å²) in [6.07, 6.45) is -0.455. The number of aliphatic hydroxyl groups is 1. The molecule has 6 heteroatoms. The van der Waals surface area contributed by atoms with Crippen LogP contribution in [-0.2, 0) is 6.54 Å². The number of hydrogen-bond donors (Lipinski definition) is 2. The minimum atomic E-state index is -0.455. The van der Waals surface area contributed by atoms with Gasteiger partial charge in [0, 0.05) is 6.54 Å².